The molecule has 6 nitrogen and oxygen atoms in total. The number of nitrogens with two attached hydrogens (primary N) is 1. The summed E-state index contributed by atoms with van der Waals surface area (Å²) in [5, 5.41) is 1.95. The third-order valence-electron chi connectivity index (χ3n) is 6.24. The molecule has 1 aromatic heterocycles. The Morgan fingerprint density at radius 3 is 2.21 bits per heavy atom. The van der Waals surface area contributed by atoms with Crippen molar-refractivity contribution >= 4 is 24.5 Å². The van der Waals surface area contributed by atoms with Crippen LogP contribution in [0.4, 0.5) is 14.6 Å². The standard InChI is InChI=1S/C25H29F2N3O3Si/c1-25(2,3)34(18-10-6-4-7-11-18,19-12-8-5-9-13-19)32-16-17-14-20(26)23(33-17)30-15-21(27)22(28)29-24(30)31/h4-13,15,17,20,23H,14,16H2,1-3H3,(H2,28,29,31)/t17-,20-,23-/m1/s1. The quantitative estimate of drug-likeness (QED) is 0.543. The fourth-order valence-corrected chi connectivity index (χ4v) is 9.26. The number of aromatic nitrogens is 2. The van der Waals surface area contributed by atoms with E-state index in [1.165, 1.54) is 0 Å². The smallest absolute Gasteiger partial charge is 0.351 e. The highest BCUT2D eigenvalue weighted by atomic mass is 28.4. The molecule has 2 N–H and O–H groups in total. The lowest BCUT2D eigenvalue weighted by molar-refractivity contribution is -0.0373. The molecule has 0 radical (unpaired) electrons. The van der Waals surface area contributed by atoms with E-state index < -0.39 is 44.1 Å². The second-order valence-corrected chi connectivity index (χ2v) is 13.8. The number of anilines is 1. The van der Waals surface area contributed by atoms with Gasteiger partial charge in [0.15, 0.2) is 17.9 Å². The number of ether oxygens (including phenoxy) is 1. The van der Waals surface area contributed by atoms with Gasteiger partial charge in [0.2, 0.25) is 0 Å². The van der Waals surface area contributed by atoms with Gasteiger partial charge in [-0.25, -0.2) is 13.6 Å². The van der Waals surface area contributed by atoms with E-state index in [4.69, 9.17) is 14.9 Å². The fourth-order valence-electron chi connectivity index (χ4n) is 4.67. The number of nitrogens with zero attached hydrogens (tertiary/aromatic N) is 2. The summed E-state index contributed by atoms with van der Waals surface area (Å²) < 4.78 is 42.3. The average Bonchev–Trinajstić information content (AvgIpc) is 3.17. The van der Waals surface area contributed by atoms with Crippen molar-refractivity contribution in [3.63, 3.8) is 0 Å². The van der Waals surface area contributed by atoms with Crippen LogP contribution in [0.25, 0.3) is 0 Å². The first-order valence-corrected chi connectivity index (χ1v) is 13.1. The van der Waals surface area contributed by atoms with Crippen molar-refractivity contribution in [3.8, 4) is 0 Å². The summed E-state index contributed by atoms with van der Waals surface area (Å²) in [6.07, 6.45) is -2.57. The molecule has 0 saturated carbocycles. The molecular weight excluding hydrogens is 456 g/mol. The van der Waals surface area contributed by atoms with Crippen LogP contribution in [-0.4, -0.2) is 36.8 Å². The first kappa shape index (κ1) is 24.2. The average molecular weight is 486 g/mol. The number of nitrogen functional groups attached to an aromatic ring is 1. The topological polar surface area (TPSA) is 79.4 Å². The van der Waals surface area contributed by atoms with Crippen molar-refractivity contribution in [2.45, 2.75) is 50.7 Å². The van der Waals surface area contributed by atoms with Crippen LogP contribution in [0.5, 0.6) is 0 Å². The van der Waals surface area contributed by atoms with Gasteiger partial charge in [0.25, 0.3) is 8.32 Å². The summed E-state index contributed by atoms with van der Waals surface area (Å²) in [4.78, 5) is 15.6. The van der Waals surface area contributed by atoms with Crippen LogP contribution >= 0.6 is 0 Å². The predicted molar refractivity (Wildman–Crippen MR) is 130 cm³/mol. The van der Waals surface area contributed by atoms with Gasteiger partial charge in [0.05, 0.1) is 18.9 Å². The largest absolute Gasteiger partial charge is 0.405 e. The molecule has 180 valence electrons. The van der Waals surface area contributed by atoms with Crippen LogP contribution in [0.1, 0.15) is 33.4 Å². The van der Waals surface area contributed by atoms with E-state index in [1.807, 2.05) is 36.4 Å². The van der Waals surface area contributed by atoms with Crippen LogP contribution in [0.2, 0.25) is 5.04 Å². The Morgan fingerprint density at radius 1 is 1.12 bits per heavy atom. The highest BCUT2D eigenvalue weighted by Gasteiger charge is 2.51. The van der Waals surface area contributed by atoms with Gasteiger partial charge in [-0.2, -0.15) is 4.98 Å². The molecule has 1 aliphatic heterocycles. The zero-order chi connectivity index (χ0) is 24.5. The molecule has 0 bridgehead atoms. The molecule has 3 aromatic rings. The molecule has 0 aliphatic carbocycles. The van der Waals surface area contributed by atoms with Crippen LogP contribution < -0.4 is 21.8 Å². The van der Waals surface area contributed by atoms with Crippen molar-refractivity contribution < 1.29 is 17.9 Å². The Morgan fingerprint density at radius 2 is 1.68 bits per heavy atom. The zero-order valence-corrected chi connectivity index (χ0v) is 20.4. The van der Waals surface area contributed by atoms with Gasteiger partial charge in [0, 0.05) is 6.42 Å². The van der Waals surface area contributed by atoms with Crippen molar-refractivity contribution in [2.24, 2.45) is 0 Å². The van der Waals surface area contributed by atoms with Crippen molar-refractivity contribution in [3.05, 3.63) is 83.2 Å². The Balaban J connectivity index is 1.64. The third kappa shape index (κ3) is 4.43. The van der Waals surface area contributed by atoms with E-state index in [1.54, 1.807) is 0 Å². The van der Waals surface area contributed by atoms with E-state index in [-0.39, 0.29) is 18.1 Å². The van der Waals surface area contributed by atoms with Crippen LogP contribution in [0, 0.1) is 5.82 Å². The van der Waals surface area contributed by atoms with E-state index in [0.717, 1.165) is 21.1 Å². The van der Waals surface area contributed by atoms with Crippen molar-refractivity contribution in [2.75, 3.05) is 12.3 Å². The number of hydrogen-bond acceptors (Lipinski definition) is 5. The lowest BCUT2D eigenvalue weighted by Gasteiger charge is -2.43. The number of benzene rings is 2. The van der Waals surface area contributed by atoms with Crippen LogP contribution in [0.15, 0.2) is 71.7 Å². The van der Waals surface area contributed by atoms with E-state index >= 15 is 0 Å². The molecule has 2 heterocycles. The molecule has 1 fully saturated rings. The van der Waals surface area contributed by atoms with Gasteiger partial charge in [-0.15, -0.1) is 0 Å². The lowest BCUT2D eigenvalue weighted by Crippen LogP contribution is -2.67. The molecule has 3 atom stereocenters. The molecule has 4 rings (SSSR count). The van der Waals surface area contributed by atoms with E-state index in [0.29, 0.717) is 0 Å². The molecule has 1 saturated heterocycles. The fraction of sp³-hybridized carbons (Fsp3) is 0.360. The maximum Gasteiger partial charge on any atom is 0.351 e. The normalized spacial score (nSPS) is 21.0. The van der Waals surface area contributed by atoms with Crippen LogP contribution in [0.3, 0.4) is 0 Å². The SMILES string of the molecule is CC(C)(C)[Si](OC[C@H]1C[C@@H](F)[C@H](n2cc(F)c(N)nc2=O)O1)(c1ccccc1)c1ccccc1. The molecule has 0 unspecified atom stereocenters. The molecule has 1 aliphatic rings. The van der Waals surface area contributed by atoms with Gasteiger partial charge < -0.3 is 14.9 Å². The Bertz CT molecular complexity index is 1150. The minimum atomic E-state index is -2.83. The maximum absolute atomic E-state index is 14.9. The second kappa shape index (κ2) is 9.40. The van der Waals surface area contributed by atoms with E-state index in [2.05, 4.69) is 50.0 Å². The monoisotopic (exact) mass is 485 g/mol. The van der Waals surface area contributed by atoms with Crippen molar-refractivity contribution in [1.29, 1.82) is 0 Å². The molecular formula is C25H29F2N3O3Si. The number of alkyl halides is 1. The van der Waals surface area contributed by atoms with E-state index in [9.17, 15) is 13.6 Å². The number of rotatable bonds is 6. The summed E-state index contributed by atoms with van der Waals surface area (Å²) in [5.74, 6) is -1.43. The van der Waals surface area contributed by atoms with Gasteiger partial charge in [0.1, 0.15) is 6.17 Å². The first-order chi connectivity index (χ1) is 16.1. The Hall–Kier alpha value is -2.88. The lowest BCUT2D eigenvalue weighted by atomic mass is 10.2. The summed E-state index contributed by atoms with van der Waals surface area (Å²) in [6, 6.07) is 20.2. The zero-order valence-electron chi connectivity index (χ0n) is 19.4. The highest BCUT2D eigenvalue weighted by molar-refractivity contribution is 6.99. The first-order valence-electron chi connectivity index (χ1n) is 11.2. The molecule has 34 heavy (non-hydrogen) atoms. The summed E-state index contributed by atoms with van der Waals surface area (Å²) >= 11 is 0. The summed E-state index contributed by atoms with van der Waals surface area (Å²) in [5.41, 5.74) is 4.49. The summed E-state index contributed by atoms with van der Waals surface area (Å²) in [7, 11) is -2.83. The van der Waals surface area contributed by atoms with Gasteiger partial charge in [-0.05, 0) is 15.4 Å². The highest BCUT2D eigenvalue weighted by Crippen LogP contribution is 2.38. The molecule has 0 spiro atoms. The minimum absolute atomic E-state index is 0.0152. The Labute approximate surface area is 198 Å². The third-order valence-corrected chi connectivity index (χ3v) is 11.2. The second-order valence-electron chi connectivity index (χ2n) is 9.54. The molecule has 9 heteroatoms. The van der Waals surface area contributed by atoms with Gasteiger partial charge in [-0.3, -0.25) is 4.57 Å². The number of hydrogen-bond donors (Lipinski definition) is 1. The maximum atomic E-state index is 14.9. The predicted octanol–water partition coefficient (Wildman–Crippen LogP) is 3.17. The van der Waals surface area contributed by atoms with Crippen LogP contribution in [-0.2, 0) is 9.16 Å². The molecule has 0 amide bonds. The van der Waals surface area contributed by atoms with Gasteiger partial charge >= 0.3 is 5.69 Å². The van der Waals surface area contributed by atoms with Crippen molar-refractivity contribution in [1.82, 2.24) is 9.55 Å². The summed E-state index contributed by atoms with van der Waals surface area (Å²) in [6.45, 7) is 6.58. The Kier molecular flexibility index (Phi) is 6.70. The minimum Gasteiger partial charge on any atom is -0.405 e. The molecule has 2 aromatic carbocycles. The van der Waals surface area contributed by atoms with Gasteiger partial charge in [-0.1, -0.05) is 81.4 Å². The number of halogens is 2.